The van der Waals surface area contributed by atoms with Gasteiger partial charge >= 0.3 is 0 Å². The summed E-state index contributed by atoms with van der Waals surface area (Å²) in [5, 5.41) is 0. The molecule has 12 heavy (non-hydrogen) atoms. The smallest absolute Gasteiger partial charge is 0.00682 e. The largest absolute Gasteiger partial charge is 0.0941 e. The highest BCUT2D eigenvalue weighted by molar-refractivity contribution is 8.76. The average Bonchev–Trinajstić information content (AvgIpc) is 2.21. The highest BCUT2D eigenvalue weighted by atomic mass is 33.1. The molecule has 1 unspecified atom stereocenters. The maximum Gasteiger partial charge on any atom is 0.00682 e. The van der Waals surface area contributed by atoms with Crippen LogP contribution in [0.1, 0.15) is 38.5 Å². The summed E-state index contributed by atoms with van der Waals surface area (Å²) in [6.07, 6.45) is 9.11. The van der Waals surface area contributed by atoms with Gasteiger partial charge in [0.1, 0.15) is 0 Å². The van der Waals surface area contributed by atoms with Gasteiger partial charge in [0.2, 0.25) is 0 Å². The Labute approximate surface area is 83.7 Å². The molecule has 1 atom stereocenters. The molecule has 1 aliphatic heterocycles. The van der Waals surface area contributed by atoms with Crippen molar-refractivity contribution in [3.63, 3.8) is 0 Å². The Kier molecular flexibility index (Phi) is 3.71. The SMILES string of the molecule is C1CCC(C2CCSSC2)CC1. The van der Waals surface area contributed by atoms with Crippen LogP contribution >= 0.6 is 21.6 Å². The fourth-order valence-corrected chi connectivity index (χ4v) is 5.14. The highest BCUT2D eigenvalue weighted by Gasteiger charge is 2.25. The molecule has 0 bridgehead atoms. The van der Waals surface area contributed by atoms with E-state index in [9.17, 15) is 0 Å². The molecule has 1 saturated carbocycles. The lowest BCUT2D eigenvalue weighted by Crippen LogP contribution is -2.22. The summed E-state index contributed by atoms with van der Waals surface area (Å²) in [6, 6.07) is 0. The van der Waals surface area contributed by atoms with E-state index in [0.29, 0.717) is 0 Å². The Morgan fingerprint density at radius 2 is 1.58 bits per heavy atom. The minimum Gasteiger partial charge on any atom is -0.0941 e. The molecule has 1 saturated heterocycles. The van der Waals surface area contributed by atoms with Crippen molar-refractivity contribution in [1.82, 2.24) is 0 Å². The molecule has 70 valence electrons. The number of hydrogen-bond acceptors (Lipinski definition) is 2. The molecular formula is C10H18S2. The Hall–Kier alpha value is 0.700. The second kappa shape index (κ2) is 4.80. The predicted octanol–water partition coefficient (Wildman–Crippen LogP) is 3.97. The van der Waals surface area contributed by atoms with Gasteiger partial charge in [0.15, 0.2) is 0 Å². The van der Waals surface area contributed by atoms with Gasteiger partial charge in [0, 0.05) is 11.5 Å². The van der Waals surface area contributed by atoms with Gasteiger partial charge < -0.3 is 0 Å². The van der Waals surface area contributed by atoms with Crippen LogP contribution in [0.3, 0.4) is 0 Å². The van der Waals surface area contributed by atoms with Crippen molar-refractivity contribution in [3.05, 3.63) is 0 Å². The molecule has 0 N–H and O–H groups in total. The fourth-order valence-electron chi connectivity index (χ4n) is 2.45. The Morgan fingerprint density at radius 1 is 0.750 bits per heavy atom. The van der Waals surface area contributed by atoms with Gasteiger partial charge in [-0.3, -0.25) is 0 Å². The van der Waals surface area contributed by atoms with Gasteiger partial charge in [-0.15, -0.1) is 0 Å². The highest BCUT2D eigenvalue weighted by Crippen LogP contribution is 2.40. The van der Waals surface area contributed by atoms with E-state index in [1.807, 2.05) is 0 Å². The van der Waals surface area contributed by atoms with E-state index in [4.69, 9.17) is 0 Å². The summed E-state index contributed by atoms with van der Waals surface area (Å²) in [5.74, 6) is 5.03. The first-order chi connectivity index (χ1) is 5.97. The molecule has 1 heterocycles. The molecule has 0 aromatic carbocycles. The standard InChI is InChI=1S/C10H18S2/c1-2-4-9(5-3-1)10-6-7-11-12-8-10/h9-10H,1-8H2. The van der Waals surface area contributed by atoms with E-state index in [2.05, 4.69) is 21.6 Å². The molecule has 0 amide bonds. The Balaban J connectivity index is 1.80. The monoisotopic (exact) mass is 202 g/mol. The molecule has 0 aromatic rings. The molecule has 0 radical (unpaired) electrons. The van der Waals surface area contributed by atoms with Crippen molar-refractivity contribution in [1.29, 1.82) is 0 Å². The molecule has 2 fully saturated rings. The molecule has 1 aliphatic carbocycles. The summed E-state index contributed by atoms with van der Waals surface area (Å²) in [7, 11) is 4.19. The van der Waals surface area contributed by atoms with Crippen LogP contribution < -0.4 is 0 Å². The second-order valence-corrected chi connectivity index (χ2v) is 6.68. The third kappa shape index (κ3) is 2.35. The van der Waals surface area contributed by atoms with Gasteiger partial charge in [0.05, 0.1) is 0 Å². The molecule has 0 aromatic heterocycles. The average molecular weight is 202 g/mol. The van der Waals surface area contributed by atoms with Crippen LogP contribution in [-0.4, -0.2) is 11.5 Å². The van der Waals surface area contributed by atoms with Gasteiger partial charge in [-0.2, -0.15) is 0 Å². The molecular weight excluding hydrogens is 184 g/mol. The van der Waals surface area contributed by atoms with Crippen molar-refractivity contribution in [2.24, 2.45) is 11.8 Å². The summed E-state index contributed by atoms with van der Waals surface area (Å²) in [6.45, 7) is 0. The Bertz CT molecular complexity index is 108. The van der Waals surface area contributed by atoms with Crippen LogP contribution in [0.4, 0.5) is 0 Å². The van der Waals surface area contributed by atoms with Crippen molar-refractivity contribution >= 4 is 21.6 Å². The number of hydrogen-bond donors (Lipinski definition) is 0. The summed E-state index contributed by atoms with van der Waals surface area (Å²) in [4.78, 5) is 0. The topological polar surface area (TPSA) is 0 Å². The lowest BCUT2D eigenvalue weighted by molar-refractivity contribution is 0.263. The molecule has 2 aliphatic rings. The predicted molar refractivity (Wildman–Crippen MR) is 59.6 cm³/mol. The van der Waals surface area contributed by atoms with Crippen LogP contribution in [0.2, 0.25) is 0 Å². The summed E-state index contributed by atoms with van der Waals surface area (Å²) >= 11 is 0. The van der Waals surface area contributed by atoms with E-state index in [0.717, 1.165) is 11.8 Å². The minimum absolute atomic E-state index is 1.08. The van der Waals surface area contributed by atoms with Gasteiger partial charge in [-0.25, -0.2) is 0 Å². The zero-order chi connectivity index (χ0) is 8.23. The maximum absolute atomic E-state index is 2.11. The van der Waals surface area contributed by atoms with Gasteiger partial charge in [-0.05, 0) is 18.3 Å². The van der Waals surface area contributed by atoms with E-state index >= 15 is 0 Å². The van der Waals surface area contributed by atoms with Crippen LogP contribution in [0.15, 0.2) is 0 Å². The van der Waals surface area contributed by atoms with E-state index in [-0.39, 0.29) is 0 Å². The molecule has 2 rings (SSSR count). The van der Waals surface area contributed by atoms with Crippen LogP contribution in [0.5, 0.6) is 0 Å². The quantitative estimate of drug-likeness (QED) is 0.590. The second-order valence-electron chi connectivity index (χ2n) is 4.05. The van der Waals surface area contributed by atoms with Crippen LogP contribution in [0, 0.1) is 11.8 Å². The van der Waals surface area contributed by atoms with E-state index < -0.39 is 0 Å². The summed E-state index contributed by atoms with van der Waals surface area (Å²) < 4.78 is 0. The van der Waals surface area contributed by atoms with Crippen molar-refractivity contribution < 1.29 is 0 Å². The van der Waals surface area contributed by atoms with Crippen LogP contribution in [-0.2, 0) is 0 Å². The fraction of sp³-hybridized carbons (Fsp3) is 1.00. The minimum atomic E-state index is 1.08. The van der Waals surface area contributed by atoms with Gasteiger partial charge in [-0.1, -0.05) is 53.7 Å². The zero-order valence-electron chi connectivity index (χ0n) is 7.63. The molecule has 0 nitrogen and oxygen atoms in total. The molecule has 0 spiro atoms. The van der Waals surface area contributed by atoms with E-state index in [1.165, 1.54) is 50.0 Å². The zero-order valence-corrected chi connectivity index (χ0v) is 9.26. The third-order valence-corrected chi connectivity index (χ3v) is 5.80. The normalized spacial score (nSPS) is 33.5. The van der Waals surface area contributed by atoms with Crippen LogP contribution in [0.25, 0.3) is 0 Å². The first-order valence-electron chi connectivity index (χ1n) is 5.21. The first kappa shape index (κ1) is 9.26. The Morgan fingerprint density at radius 3 is 2.25 bits per heavy atom. The first-order valence-corrected chi connectivity index (χ1v) is 7.70. The maximum atomic E-state index is 2.11. The van der Waals surface area contributed by atoms with Crippen molar-refractivity contribution in [3.8, 4) is 0 Å². The third-order valence-electron chi connectivity index (χ3n) is 3.25. The molecule has 2 heteroatoms. The van der Waals surface area contributed by atoms with E-state index in [1.54, 1.807) is 0 Å². The number of rotatable bonds is 1. The van der Waals surface area contributed by atoms with Gasteiger partial charge in [0.25, 0.3) is 0 Å². The summed E-state index contributed by atoms with van der Waals surface area (Å²) in [5.41, 5.74) is 0. The lowest BCUT2D eigenvalue weighted by Gasteiger charge is -2.32. The van der Waals surface area contributed by atoms with Crippen molar-refractivity contribution in [2.45, 2.75) is 38.5 Å². The lowest BCUT2D eigenvalue weighted by atomic mass is 9.80. The van der Waals surface area contributed by atoms with Crippen molar-refractivity contribution in [2.75, 3.05) is 11.5 Å².